The minimum absolute atomic E-state index is 0.0773. The predicted molar refractivity (Wildman–Crippen MR) is 108 cm³/mol. The summed E-state index contributed by atoms with van der Waals surface area (Å²) in [6, 6.07) is 5.94. The number of pyridine rings is 1. The van der Waals surface area contributed by atoms with E-state index in [0.717, 1.165) is 18.3 Å². The lowest BCUT2D eigenvalue weighted by Crippen LogP contribution is -2.49. The summed E-state index contributed by atoms with van der Waals surface area (Å²) in [4.78, 5) is 26.1. The molecule has 156 valence electrons. The van der Waals surface area contributed by atoms with Crippen LogP contribution < -0.4 is 15.6 Å². The molecule has 1 atom stereocenters. The standard InChI is InChI=1S/C21H19F2N3O4/c1-11-9-25(5-4-24-11)19-8-18-13(7-16(19)23)20(28)14(21(29)30)10-26(18)17-3-2-12(27)6-15(17)22/h2-3,6-8,10-11,24,27H,4-5,9H2,1H3,(H,29,30). The number of benzene rings is 2. The first kappa shape index (κ1) is 19.8. The number of halogens is 2. The van der Waals surface area contributed by atoms with E-state index in [1.807, 2.05) is 11.8 Å². The molecule has 1 saturated heterocycles. The van der Waals surface area contributed by atoms with Gasteiger partial charge in [-0.3, -0.25) is 4.79 Å². The van der Waals surface area contributed by atoms with E-state index in [2.05, 4.69) is 5.32 Å². The molecule has 1 unspecified atom stereocenters. The summed E-state index contributed by atoms with van der Waals surface area (Å²) in [5.74, 6) is -3.29. The summed E-state index contributed by atoms with van der Waals surface area (Å²) in [6.45, 7) is 3.69. The average molecular weight is 415 g/mol. The average Bonchev–Trinajstić information content (AvgIpc) is 2.68. The maximum atomic E-state index is 14.9. The van der Waals surface area contributed by atoms with Crippen molar-refractivity contribution in [2.75, 3.05) is 24.5 Å². The smallest absolute Gasteiger partial charge is 0.341 e. The summed E-state index contributed by atoms with van der Waals surface area (Å²) in [6.07, 6.45) is 1.02. The molecule has 0 amide bonds. The lowest BCUT2D eigenvalue weighted by atomic mass is 10.1. The van der Waals surface area contributed by atoms with E-state index in [1.165, 1.54) is 22.8 Å². The number of hydrogen-bond acceptors (Lipinski definition) is 5. The van der Waals surface area contributed by atoms with Gasteiger partial charge in [0, 0.05) is 43.3 Å². The molecular weight excluding hydrogens is 396 g/mol. The highest BCUT2D eigenvalue weighted by Gasteiger charge is 2.23. The first-order valence-corrected chi connectivity index (χ1v) is 9.35. The van der Waals surface area contributed by atoms with Crippen molar-refractivity contribution in [1.29, 1.82) is 0 Å². The summed E-state index contributed by atoms with van der Waals surface area (Å²) in [5.41, 5.74) is -1.14. The van der Waals surface area contributed by atoms with Gasteiger partial charge in [0.05, 0.1) is 16.9 Å². The number of carboxylic acids is 1. The first-order valence-electron chi connectivity index (χ1n) is 9.35. The molecule has 3 N–H and O–H groups in total. The van der Waals surface area contributed by atoms with Crippen LogP contribution >= 0.6 is 0 Å². The fourth-order valence-corrected chi connectivity index (χ4v) is 3.77. The SMILES string of the molecule is CC1CN(c2cc3c(cc2F)c(=O)c(C(=O)O)cn3-c2ccc(O)cc2F)CCN1. The van der Waals surface area contributed by atoms with Crippen molar-refractivity contribution in [3.63, 3.8) is 0 Å². The number of aromatic hydroxyl groups is 1. The van der Waals surface area contributed by atoms with Gasteiger partial charge in [-0.05, 0) is 31.2 Å². The van der Waals surface area contributed by atoms with Gasteiger partial charge >= 0.3 is 5.97 Å². The number of nitrogens with zero attached hydrogens (tertiary/aromatic N) is 2. The van der Waals surface area contributed by atoms with Gasteiger partial charge in [0.25, 0.3) is 0 Å². The summed E-state index contributed by atoms with van der Waals surface area (Å²) < 4.78 is 30.7. The number of carboxylic acid groups (broad SMARTS) is 1. The Bertz CT molecular complexity index is 1230. The maximum absolute atomic E-state index is 14.9. The number of hydrogen-bond donors (Lipinski definition) is 3. The van der Waals surface area contributed by atoms with Gasteiger partial charge in [-0.2, -0.15) is 0 Å². The van der Waals surface area contributed by atoms with Crippen LogP contribution in [0, 0.1) is 11.6 Å². The van der Waals surface area contributed by atoms with Gasteiger partial charge in [0.2, 0.25) is 5.43 Å². The van der Waals surface area contributed by atoms with E-state index in [4.69, 9.17) is 0 Å². The molecule has 3 aromatic rings. The van der Waals surface area contributed by atoms with E-state index < -0.39 is 28.6 Å². The molecule has 4 rings (SSSR count). The van der Waals surface area contributed by atoms with Crippen LogP contribution in [0.2, 0.25) is 0 Å². The first-order chi connectivity index (χ1) is 14.3. The Morgan fingerprint density at radius 3 is 2.57 bits per heavy atom. The fraction of sp³-hybridized carbons (Fsp3) is 0.238. The minimum Gasteiger partial charge on any atom is -0.508 e. The Morgan fingerprint density at radius 1 is 1.17 bits per heavy atom. The van der Waals surface area contributed by atoms with E-state index in [0.29, 0.717) is 19.6 Å². The molecule has 1 aliphatic rings. The van der Waals surface area contributed by atoms with Crippen LogP contribution in [0.25, 0.3) is 16.6 Å². The van der Waals surface area contributed by atoms with Crippen LogP contribution in [-0.4, -0.2) is 46.4 Å². The second kappa shape index (κ2) is 7.42. The van der Waals surface area contributed by atoms with Gasteiger partial charge < -0.3 is 25.0 Å². The molecule has 30 heavy (non-hydrogen) atoms. The molecule has 0 radical (unpaired) electrons. The Morgan fingerprint density at radius 2 is 1.90 bits per heavy atom. The monoisotopic (exact) mass is 415 g/mol. The number of piperazine rings is 1. The van der Waals surface area contributed by atoms with Gasteiger partial charge in [-0.15, -0.1) is 0 Å². The lowest BCUT2D eigenvalue weighted by Gasteiger charge is -2.34. The number of rotatable bonds is 3. The molecule has 7 nitrogen and oxygen atoms in total. The van der Waals surface area contributed by atoms with E-state index in [1.54, 1.807) is 0 Å². The highest BCUT2D eigenvalue weighted by atomic mass is 19.1. The third-order valence-corrected chi connectivity index (χ3v) is 5.20. The zero-order valence-corrected chi connectivity index (χ0v) is 16.0. The van der Waals surface area contributed by atoms with Crippen molar-refractivity contribution < 1.29 is 23.8 Å². The zero-order valence-electron chi connectivity index (χ0n) is 16.0. The number of nitrogens with one attached hydrogen (secondary N) is 1. The predicted octanol–water partition coefficient (Wildman–Crippen LogP) is 2.47. The Balaban J connectivity index is 2.03. The van der Waals surface area contributed by atoms with E-state index >= 15 is 0 Å². The number of fused-ring (bicyclic) bond motifs is 1. The number of aromatic nitrogens is 1. The Hall–Kier alpha value is -3.46. The highest BCUT2D eigenvalue weighted by Crippen LogP contribution is 2.29. The third-order valence-electron chi connectivity index (χ3n) is 5.20. The summed E-state index contributed by atoms with van der Waals surface area (Å²) >= 11 is 0. The topological polar surface area (TPSA) is 94.8 Å². The molecule has 0 bridgehead atoms. The van der Waals surface area contributed by atoms with Crippen molar-refractivity contribution in [3.8, 4) is 11.4 Å². The molecule has 1 aliphatic heterocycles. The number of carbonyl (C=O) groups is 1. The lowest BCUT2D eigenvalue weighted by molar-refractivity contribution is 0.0695. The van der Waals surface area contributed by atoms with Crippen LogP contribution in [0.3, 0.4) is 0 Å². The number of phenolic OH excluding ortho intramolecular Hbond substituents is 1. The van der Waals surface area contributed by atoms with Crippen LogP contribution in [0.5, 0.6) is 5.75 Å². The van der Waals surface area contributed by atoms with Crippen LogP contribution in [0.4, 0.5) is 14.5 Å². The molecular formula is C21H19F2N3O4. The van der Waals surface area contributed by atoms with Gasteiger partial charge in [0.15, 0.2) is 5.82 Å². The number of phenols is 1. The maximum Gasteiger partial charge on any atom is 0.341 e. The molecule has 9 heteroatoms. The normalized spacial score (nSPS) is 16.8. The molecule has 2 aromatic carbocycles. The van der Waals surface area contributed by atoms with Crippen molar-refractivity contribution in [3.05, 3.63) is 63.9 Å². The van der Waals surface area contributed by atoms with Crippen molar-refractivity contribution in [2.24, 2.45) is 0 Å². The van der Waals surface area contributed by atoms with Crippen LogP contribution in [-0.2, 0) is 0 Å². The van der Waals surface area contributed by atoms with Gasteiger partial charge in [0.1, 0.15) is 17.1 Å². The fourth-order valence-electron chi connectivity index (χ4n) is 3.77. The number of anilines is 1. The van der Waals surface area contributed by atoms with Crippen LogP contribution in [0.15, 0.2) is 41.3 Å². The number of aromatic carboxylic acids is 1. The summed E-state index contributed by atoms with van der Waals surface area (Å²) in [5, 5.41) is 22.0. The van der Waals surface area contributed by atoms with Crippen molar-refractivity contribution in [1.82, 2.24) is 9.88 Å². The molecule has 0 aliphatic carbocycles. The molecule has 1 aromatic heterocycles. The van der Waals surface area contributed by atoms with E-state index in [-0.39, 0.29) is 34.1 Å². The third kappa shape index (κ3) is 3.37. The van der Waals surface area contributed by atoms with Crippen molar-refractivity contribution in [2.45, 2.75) is 13.0 Å². The van der Waals surface area contributed by atoms with Gasteiger partial charge in [-0.25, -0.2) is 13.6 Å². The quantitative estimate of drug-likeness (QED) is 0.609. The highest BCUT2D eigenvalue weighted by molar-refractivity contribution is 5.94. The minimum atomic E-state index is -1.50. The second-order valence-corrected chi connectivity index (χ2v) is 7.30. The largest absolute Gasteiger partial charge is 0.508 e. The Labute approximate surface area is 169 Å². The Kier molecular flexibility index (Phi) is 4.90. The molecule has 2 heterocycles. The van der Waals surface area contributed by atoms with Crippen LogP contribution in [0.1, 0.15) is 17.3 Å². The van der Waals surface area contributed by atoms with Crippen molar-refractivity contribution >= 4 is 22.6 Å². The zero-order chi connectivity index (χ0) is 21.6. The molecule has 0 spiro atoms. The second-order valence-electron chi connectivity index (χ2n) is 7.30. The van der Waals surface area contributed by atoms with E-state index in [9.17, 15) is 28.6 Å². The summed E-state index contributed by atoms with van der Waals surface area (Å²) in [7, 11) is 0. The van der Waals surface area contributed by atoms with Gasteiger partial charge in [-0.1, -0.05) is 0 Å². The molecule has 0 saturated carbocycles. The molecule has 1 fully saturated rings.